The largest absolute Gasteiger partial charge is 0.481 e. The summed E-state index contributed by atoms with van der Waals surface area (Å²) in [6.45, 7) is 1.88. The molecule has 1 aromatic heterocycles. The maximum absolute atomic E-state index is 12.5. The number of ketones is 1. The van der Waals surface area contributed by atoms with E-state index in [2.05, 4.69) is 4.98 Å². The van der Waals surface area contributed by atoms with E-state index in [0.717, 1.165) is 11.1 Å². The molecular weight excluding hydrogens is 254 g/mol. The Morgan fingerprint density at radius 3 is 2.55 bits per heavy atom. The number of carbonyl (C=O) groups is 2. The SMILES string of the molecule is Cc1ccccc1C(CC(=O)O)C(=O)c1cccnc1. The number of aryl methyl sites for hydroxylation is 1. The van der Waals surface area contributed by atoms with Crippen molar-refractivity contribution in [1.82, 2.24) is 4.98 Å². The van der Waals surface area contributed by atoms with Crippen molar-refractivity contribution in [3.05, 3.63) is 65.5 Å². The maximum Gasteiger partial charge on any atom is 0.304 e. The van der Waals surface area contributed by atoms with Crippen LogP contribution < -0.4 is 0 Å². The molecule has 0 aliphatic rings. The molecule has 1 heterocycles. The molecule has 2 rings (SSSR count). The topological polar surface area (TPSA) is 67.3 Å². The van der Waals surface area contributed by atoms with Gasteiger partial charge in [0.05, 0.1) is 12.3 Å². The number of hydrogen-bond acceptors (Lipinski definition) is 3. The molecule has 0 aliphatic heterocycles. The summed E-state index contributed by atoms with van der Waals surface area (Å²) >= 11 is 0. The number of aliphatic carboxylic acids is 1. The minimum atomic E-state index is -0.990. The van der Waals surface area contributed by atoms with Crippen LogP contribution >= 0.6 is 0 Å². The highest BCUT2D eigenvalue weighted by molar-refractivity contribution is 6.02. The molecule has 2 aromatic rings. The van der Waals surface area contributed by atoms with Gasteiger partial charge in [-0.25, -0.2) is 0 Å². The van der Waals surface area contributed by atoms with E-state index in [4.69, 9.17) is 5.11 Å². The van der Waals surface area contributed by atoms with Crippen LogP contribution in [-0.2, 0) is 4.79 Å². The Hall–Kier alpha value is -2.49. The second-order valence-corrected chi connectivity index (χ2v) is 4.61. The Morgan fingerprint density at radius 2 is 1.95 bits per heavy atom. The van der Waals surface area contributed by atoms with Crippen molar-refractivity contribution in [3.63, 3.8) is 0 Å². The predicted molar refractivity (Wildman–Crippen MR) is 74.7 cm³/mol. The molecule has 102 valence electrons. The van der Waals surface area contributed by atoms with Gasteiger partial charge in [-0.3, -0.25) is 14.6 Å². The number of pyridine rings is 1. The predicted octanol–water partition coefficient (Wildman–Crippen LogP) is 2.83. The van der Waals surface area contributed by atoms with Gasteiger partial charge >= 0.3 is 5.97 Å². The monoisotopic (exact) mass is 269 g/mol. The highest BCUT2D eigenvalue weighted by atomic mass is 16.4. The fourth-order valence-electron chi connectivity index (χ4n) is 2.21. The first-order valence-electron chi connectivity index (χ1n) is 6.31. The van der Waals surface area contributed by atoms with Gasteiger partial charge in [-0.2, -0.15) is 0 Å². The molecule has 0 amide bonds. The van der Waals surface area contributed by atoms with Crippen molar-refractivity contribution in [2.24, 2.45) is 0 Å². The van der Waals surface area contributed by atoms with Crippen LogP contribution in [-0.4, -0.2) is 21.8 Å². The number of benzene rings is 1. The minimum Gasteiger partial charge on any atom is -0.481 e. The summed E-state index contributed by atoms with van der Waals surface area (Å²) < 4.78 is 0. The number of aromatic nitrogens is 1. The summed E-state index contributed by atoms with van der Waals surface area (Å²) in [6, 6.07) is 10.7. The number of nitrogens with zero attached hydrogens (tertiary/aromatic N) is 1. The molecule has 0 spiro atoms. The van der Waals surface area contributed by atoms with Gasteiger partial charge in [0, 0.05) is 18.0 Å². The molecule has 0 fully saturated rings. The zero-order chi connectivity index (χ0) is 14.5. The summed E-state index contributed by atoms with van der Waals surface area (Å²) in [5.41, 5.74) is 2.10. The van der Waals surface area contributed by atoms with Gasteiger partial charge in [0.25, 0.3) is 0 Å². The molecule has 1 N–H and O–H groups in total. The van der Waals surface area contributed by atoms with Crippen LogP contribution in [0.3, 0.4) is 0 Å². The molecule has 4 heteroatoms. The van der Waals surface area contributed by atoms with E-state index < -0.39 is 11.9 Å². The van der Waals surface area contributed by atoms with Crippen molar-refractivity contribution >= 4 is 11.8 Å². The Morgan fingerprint density at radius 1 is 1.20 bits per heavy atom. The molecule has 4 nitrogen and oxygen atoms in total. The molecule has 1 atom stereocenters. The second kappa shape index (κ2) is 6.10. The standard InChI is InChI=1S/C16H15NO3/c1-11-5-2-3-7-13(11)14(9-15(18)19)16(20)12-6-4-8-17-10-12/h2-8,10,14H,9H2,1H3,(H,18,19). The van der Waals surface area contributed by atoms with Crippen LogP contribution in [0.4, 0.5) is 0 Å². The summed E-state index contributed by atoms with van der Waals surface area (Å²) in [6.07, 6.45) is 2.82. The number of carbonyl (C=O) groups excluding carboxylic acids is 1. The van der Waals surface area contributed by atoms with Gasteiger partial charge in [-0.1, -0.05) is 24.3 Å². The van der Waals surface area contributed by atoms with E-state index in [1.54, 1.807) is 24.4 Å². The first kappa shape index (κ1) is 13.9. The summed E-state index contributed by atoms with van der Waals surface area (Å²) in [5.74, 6) is -1.89. The maximum atomic E-state index is 12.5. The van der Waals surface area contributed by atoms with Crippen LogP contribution in [0, 0.1) is 6.92 Å². The number of rotatable bonds is 5. The number of Topliss-reactive ketones (excluding diaryl/α,β-unsaturated/α-hetero) is 1. The van der Waals surface area contributed by atoms with Crippen molar-refractivity contribution in [1.29, 1.82) is 0 Å². The minimum absolute atomic E-state index is 0.213. The van der Waals surface area contributed by atoms with Gasteiger partial charge in [0.2, 0.25) is 0 Å². The normalized spacial score (nSPS) is 11.8. The van der Waals surface area contributed by atoms with E-state index in [-0.39, 0.29) is 12.2 Å². The fraction of sp³-hybridized carbons (Fsp3) is 0.188. The van der Waals surface area contributed by atoms with Crippen molar-refractivity contribution in [3.8, 4) is 0 Å². The third-order valence-corrected chi connectivity index (χ3v) is 3.21. The van der Waals surface area contributed by atoms with Crippen molar-refractivity contribution in [2.45, 2.75) is 19.3 Å². The molecule has 1 unspecified atom stereocenters. The van der Waals surface area contributed by atoms with E-state index in [1.165, 1.54) is 6.20 Å². The Bertz CT molecular complexity index is 623. The highest BCUT2D eigenvalue weighted by Gasteiger charge is 2.26. The van der Waals surface area contributed by atoms with Gasteiger partial charge < -0.3 is 5.11 Å². The summed E-state index contributed by atoms with van der Waals surface area (Å²) in [7, 11) is 0. The average Bonchev–Trinajstić information content (AvgIpc) is 2.46. The van der Waals surface area contributed by atoms with Crippen molar-refractivity contribution in [2.75, 3.05) is 0 Å². The highest BCUT2D eigenvalue weighted by Crippen LogP contribution is 2.26. The lowest BCUT2D eigenvalue weighted by molar-refractivity contribution is -0.137. The lowest BCUT2D eigenvalue weighted by Gasteiger charge is -2.16. The average molecular weight is 269 g/mol. The first-order chi connectivity index (χ1) is 9.59. The van der Waals surface area contributed by atoms with E-state index >= 15 is 0 Å². The number of hydrogen-bond donors (Lipinski definition) is 1. The van der Waals surface area contributed by atoms with Crippen LogP contribution in [0.25, 0.3) is 0 Å². The molecule has 20 heavy (non-hydrogen) atoms. The lowest BCUT2D eigenvalue weighted by Crippen LogP contribution is -2.18. The van der Waals surface area contributed by atoms with Crippen LogP contribution in [0.1, 0.15) is 33.8 Å². The lowest BCUT2D eigenvalue weighted by atomic mass is 9.86. The van der Waals surface area contributed by atoms with Crippen molar-refractivity contribution < 1.29 is 14.7 Å². The van der Waals surface area contributed by atoms with Crippen LogP contribution in [0.5, 0.6) is 0 Å². The van der Waals surface area contributed by atoms with E-state index in [9.17, 15) is 9.59 Å². The Kier molecular flexibility index (Phi) is 4.25. The Balaban J connectivity index is 2.41. The molecule has 0 saturated carbocycles. The molecule has 0 saturated heterocycles. The molecule has 0 aliphatic carbocycles. The first-order valence-corrected chi connectivity index (χ1v) is 6.31. The summed E-state index contributed by atoms with van der Waals surface area (Å²) in [5, 5.41) is 9.06. The van der Waals surface area contributed by atoms with E-state index in [1.807, 2.05) is 25.1 Å². The second-order valence-electron chi connectivity index (χ2n) is 4.61. The number of carboxylic acids is 1. The fourth-order valence-corrected chi connectivity index (χ4v) is 2.21. The van der Waals surface area contributed by atoms with Gasteiger partial charge in [0.1, 0.15) is 0 Å². The summed E-state index contributed by atoms with van der Waals surface area (Å²) in [4.78, 5) is 27.5. The zero-order valence-corrected chi connectivity index (χ0v) is 11.1. The number of carboxylic acid groups (broad SMARTS) is 1. The van der Waals surface area contributed by atoms with Crippen LogP contribution in [0.2, 0.25) is 0 Å². The van der Waals surface area contributed by atoms with Crippen LogP contribution in [0.15, 0.2) is 48.8 Å². The molecule has 1 aromatic carbocycles. The zero-order valence-electron chi connectivity index (χ0n) is 11.1. The van der Waals surface area contributed by atoms with Gasteiger partial charge in [0.15, 0.2) is 5.78 Å². The Labute approximate surface area is 117 Å². The van der Waals surface area contributed by atoms with Gasteiger partial charge in [-0.15, -0.1) is 0 Å². The third kappa shape index (κ3) is 3.09. The smallest absolute Gasteiger partial charge is 0.304 e. The molecular formula is C16H15NO3. The molecule has 0 radical (unpaired) electrons. The molecule has 0 bridgehead atoms. The quantitative estimate of drug-likeness (QED) is 0.847. The van der Waals surface area contributed by atoms with E-state index in [0.29, 0.717) is 5.56 Å². The van der Waals surface area contributed by atoms with Gasteiger partial charge in [-0.05, 0) is 30.2 Å². The third-order valence-electron chi connectivity index (χ3n) is 3.21.